The van der Waals surface area contributed by atoms with Crippen molar-refractivity contribution in [3.05, 3.63) is 28.7 Å². The van der Waals surface area contributed by atoms with Crippen molar-refractivity contribution in [2.24, 2.45) is 0 Å². The number of fused-ring (bicyclic) bond motifs is 1. The Bertz CT molecular complexity index is 1280. The Morgan fingerprint density at radius 3 is 2.23 bits per heavy atom. The van der Waals surface area contributed by atoms with Crippen LogP contribution in [-0.2, 0) is 47.7 Å². The zero-order chi connectivity index (χ0) is 29.1. The summed E-state index contributed by atoms with van der Waals surface area (Å²) in [5.41, 5.74) is 0.631. The van der Waals surface area contributed by atoms with E-state index in [0.717, 1.165) is 44.4 Å². The number of benzene rings is 1. The summed E-state index contributed by atoms with van der Waals surface area (Å²) < 4.78 is 38.2. The van der Waals surface area contributed by atoms with Gasteiger partial charge in [-0.25, -0.2) is 0 Å². The monoisotopic (exact) mass is 595 g/mol. The van der Waals surface area contributed by atoms with Gasteiger partial charge in [0.05, 0.1) is 4.91 Å². The number of carbonyl (C=O) groups is 5. The van der Waals surface area contributed by atoms with Gasteiger partial charge in [0, 0.05) is 27.7 Å². The number of carbonyl (C=O) groups excluding carboxylic acids is 5. The van der Waals surface area contributed by atoms with Crippen molar-refractivity contribution in [3.63, 3.8) is 0 Å². The van der Waals surface area contributed by atoms with E-state index in [-0.39, 0.29) is 16.0 Å². The van der Waals surface area contributed by atoms with Gasteiger partial charge in [-0.05, 0) is 23.8 Å². The van der Waals surface area contributed by atoms with Crippen LogP contribution in [0.1, 0.15) is 33.3 Å². The minimum atomic E-state index is -1.47. The summed E-state index contributed by atoms with van der Waals surface area (Å²) in [6.07, 6.45) is -5.33. The zero-order valence-electron chi connectivity index (χ0n) is 21.8. The highest BCUT2D eigenvalue weighted by Gasteiger charge is 2.56. The van der Waals surface area contributed by atoms with E-state index >= 15 is 0 Å². The van der Waals surface area contributed by atoms with Crippen LogP contribution in [0.2, 0.25) is 0 Å². The Hall–Kier alpha value is -3.69. The zero-order valence-corrected chi connectivity index (χ0v) is 23.4. The molecular formula is C25H25NO12S2. The van der Waals surface area contributed by atoms with Crippen molar-refractivity contribution in [3.8, 4) is 11.5 Å². The van der Waals surface area contributed by atoms with Gasteiger partial charge in [-0.15, -0.1) is 0 Å². The van der Waals surface area contributed by atoms with Crippen molar-refractivity contribution in [1.82, 2.24) is 4.90 Å². The van der Waals surface area contributed by atoms with Crippen LogP contribution in [0.4, 0.5) is 0 Å². The maximum atomic E-state index is 13.6. The molecule has 0 spiro atoms. The smallest absolute Gasteiger partial charge is 0.303 e. The van der Waals surface area contributed by atoms with Gasteiger partial charge >= 0.3 is 23.9 Å². The second kappa shape index (κ2) is 12.2. The number of ether oxygens (including phenoxy) is 7. The van der Waals surface area contributed by atoms with E-state index in [9.17, 15) is 24.0 Å². The van der Waals surface area contributed by atoms with Crippen LogP contribution in [0, 0.1) is 0 Å². The fraction of sp³-hybridized carbons (Fsp3) is 0.440. The predicted octanol–water partition coefficient (Wildman–Crippen LogP) is 1.70. The van der Waals surface area contributed by atoms with Gasteiger partial charge in [-0.1, -0.05) is 30.0 Å². The molecule has 0 aliphatic carbocycles. The molecule has 3 heterocycles. The van der Waals surface area contributed by atoms with Gasteiger partial charge in [-0.2, -0.15) is 0 Å². The van der Waals surface area contributed by atoms with Gasteiger partial charge < -0.3 is 33.2 Å². The number of thioether (sulfide) groups is 1. The van der Waals surface area contributed by atoms with E-state index in [1.165, 1.54) is 0 Å². The molecular weight excluding hydrogens is 570 g/mol. The maximum absolute atomic E-state index is 13.6. The normalized spacial score (nSPS) is 26.4. The van der Waals surface area contributed by atoms with Gasteiger partial charge in [0.2, 0.25) is 6.79 Å². The van der Waals surface area contributed by atoms with Gasteiger partial charge in [0.1, 0.15) is 12.7 Å². The Balaban J connectivity index is 1.71. The van der Waals surface area contributed by atoms with Crippen molar-refractivity contribution >= 4 is 64.2 Å². The number of amides is 1. The first kappa shape index (κ1) is 29.3. The quantitative estimate of drug-likeness (QED) is 0.194. The molecule has 1 aromatic carbocycles. The number of hydrogen-bond donors (Lipinski definition) is 0. The molecule has 13 nitrogen and oxygen atoms in total. The largest absolute Gasteiger partial charge is 0.463 e. The summed E-state index contributed by atoms with van der Waals surface area (Å²) in [6.45, 7) is 4.14. The van der Waals surface area contributed by atoms with E-state index < -0.39 is 67.0 Å². The molecule has 5 atom stereocenters. The molecule has 3 aliphatic heterocycles. The summed E-state index contributed by atoms with van der Waals surface area (Å²) in [4.78, 5) is 62.6. The maximum Gasteiger partial charge on any atom is 0.303 e. The molecule has 40 heavy (non-hydrogen) atoms. The summed E-state index contributed by atoms with van der Waals surface area (Å²) >= 11 is 6.46. The average molecular weight is 596 g/mol. The SMILES string of the molecule is CC(=O)OC[C@@H]1O[C@H](N2C(=O)/C(=C\c3ccc4c(c3)OCO4)SC2=S)[C@H](OC(C)=O)[C@@H](OC(C)=O)[C@@H]1OC(C)=O. The molecule has 2 saturated heterocycles. The highest BCUT2D eigenvalue weighted by atomic mass is 32.2. The second-order valence-corrected chi connectivity index (χ2v) is 10.4. The van der Waals surface area contributed by atoms with Gasteiger partial charge in [0.25, 0.3) is 5.91 Å². The fourth-order valence-electron chi connectivity index (χ4n) is 4.27. The van der Waals surface area contributed by atoms with Crippen LogP contribution >= 0.6 is 24.0 Å². The summed E-state index contributed by atoms with van der Waals surface area (Å²) in [5.74, 6) is -2.52. The summed E-state index contributed by atoms with van der Waals surface area (Å²) in [5, 5.41) is 0. The van der Waals surface area contributed by atoms with Gasteiger partial charge in [0.15, 0.2) is 40.4 Å². The van der Waals surface area contributed by atoms with E-state index in [1.807, 2.05) is 0 Å². The minimum absolute atomic E-state index is 0.0536. The number of thiocarbonyl (C=S) groups is 1. The lowest BCUT2D eigenvalue weighted by Crippen LogP contribution is -2.66. The molecule has 0 saturated carbocycles. The number of rotatable bonds is 7. The molecule has 15 heteroatoms. The van der Waals surface area contributed by atoms with Gasteiger partial charge in [-0.3, -0.25) is 28.9 Å². The fourth-order valence-corrected chi connectivity index (χ4v) is 5.58. The molecule has 0 N–H and O–H groups in total. The second-order valence-electron chi connectivity index (χ2n) is 8.75. The Morgan fingerprint density at radius 2 is 1.57 bits per heavy atom. The average Bonchev–Trinajstić information content (AvgIpc) is 3.43. The van der Waals surface area contributed by atoms with Crippen molar-refractivity contribution in [1.29, 1.82) is 0 Å². The number of esters is 4. The Morgan fingerprint density at radius 1 is 0.950 bits per heavy atom. The standard InChI is InChI=1S/C25H25NO12S2/c1-11(27)32-9-18-20(35-12(2)28)21(36-13(3)29)22(37-14(4)30)24(38-18)26-23(31)19(40-25(26)39)8-15-5-6-16-17(7-15)34-10-33-16/h5-8,18,20-22,24H,9-10H2,1-4H3/b19-8+/t18-,20+,21-,22+,24-/m0/s1. The van der Waals surface area contributed by atoms with Crippen LogP contribution in [-0.4, -0.2) is 83.0 Å². The van der Waals surface area contributed by atoms with Crippen molar-refractivity contribution < 1.29 is 57.1 Å². The molecule has 3 aliphatic rings. The lowest BCUT2D eigenvalue weighted by atomic mass is 9.96. The number of nitrogens with zero attached hydrogens (tertiary/aromatic N) is 1. The molecule has 214 valence electrons. The Kier molecular flexibility index (Phi) is 8.95. The first-order valence-electron chi connectivity index (χ1n) is 11.9. The number of hydrogen-bond acceptors (Lipinski definition) is 14. The molecule has 0 radical (unpaired) electrons. The van der Waals surface area contributed by atoms with Crippen LogP contribution in [0.15, 0.2) is 23.1 Å². The third kappa shape index (κ3) is 6.54. The molecule has 4 rings (SSSR count). The first-order chi connectivity index (χ1) is 18.9. The Labute approximate surface area is 238 Å². The topological polar surface area (TPSA) is 153 Å². The molecule has 1 aromatic rings. The van der Waals surface area contributed by atoms with E-state index in [4.69, 9.17) is 45.4 Å². The van der Waals surface area contributed by atoms with E-state index in [0.29, 0.717) is 17.1 Å². The van der Waals surface area contributed by atoms with Crippen molar-refractivity contribution in [2.75, 3.05) is 13.4 Å². The third-order valence-electron chi connectivity index (χ3n) is 5.74. The highest BCUT2D eigenvalue weighted by Crippen LogP contribution is 2.40. The van der Waals surface area contributed by atoms with E-state index in [2.05, 4.69) is 0 Å². The van der Waals surface area contributed by atoms with Crippen LogP contribution in [0.25, 0.3) is 6.08 Å². The predicted molar refractivity (Wildman–Crippen MR) is 140 cm³/mol. The van der Waals surface area contributed by atoms with E-state index in [1.54, 1.807) is 24.3 Å². The third-order valence-corrected chi connectivity index (χ3v) is 7.07. The van der Waals surface area contributed by atoms with Crippen molar-refractivity contribution in [2.45, 2.75) is 58.3 Å². The lowest BCUT2D eigenvalue weighted by molar-refractivity contribution is -0.268. The lowest BCUT2D eigenvalue weighted by Gasteiger charge is -2.46. The van der Waals surface area contributed by atoms with Crippen LogP contribution in [0.3, 0.4) is 0 Å². The molecule has 1 amide bonds. The summed E-state index contributed by atoms with van der Waals surface area (Å²) in [7, 11) is 0. The molecule has 0 unspecified atom stereocenters. The molecule has 0 bridgehead atoms. The van der Waals surface area contributed by atoms with Crippen LogP contribution < -0.4 is 9.47 Å². The molecule has 2 fully saturated rings. The first-order valence-corrected chi connectivity index (χ1v) is 13.1. The van der Waals surface area contributed by atoms with Crippen LogP contribution in [0.5, 0.6) is 11.5 Å². The molecule has 0 aromatic heterocycles. The summed E-state index contributed by atoms with van der Waals surface area (Å²) in [6, 6.07) is 5.13. The minimum Gasteiger partial charge on any atom is -0.463 e. The highest BCUT2D eigenvalue weighted by molar-refractivity contribution is 8.26.